The van der Waals surface area contributed by atoms with E-state index in [-0.39, 0.29) is 12.5 Å². The Balaban J connectivity index is 1.77. The second kappa shape index (κ2) is 9.53. The van der Waals surface area contributed by atoms with Crippen molar-refractivity contribution in [2.45, 2.75) is 13.3 Å². The number of hydrogen-bond donors (Lipinski definition) is 1. The SMILES string of the molecule is COc1ccc(-c2cc(C(=O)N(CCO)CCc3ccccc3)sc2C)cc1. The van der Waals surface area contributed by atoms with Crippen molar-refractivity contribution >= 4 is 17.2 Å². The minimum Gasteiger partial charge on any atom is -0.497 e. The predicted molar refractivity (Wildman–Crippen MR) is 114 cm³/mol. The van der Waals surface area contributed by atoms with E-state index in [1.54, 1.807) is 12.0 Å². The topological polar surface area (TPSA) is 49.8 Å². The Hall–Kier alpha value is -2.63. The summed E-state index contributed by atoms with van der Waals surface area (Å²) in [6.07, 6.45) is 0.766. The van der Waals surface area contributed by atoms with Gasteiger partial charge >= 0.3 is 0 Å². The Morgan fingerprint density at radius 2 is 1.79 bits per heavy atom. The van der Waals surface area contributed by atoms with Crippen LogP contribution in [0.3, 0.4) is 0 Å². The molecule has 1 aromatic heterocycles. The van der Waals surface area contributed by atoms with Crippen molar-refractivity contribution < 1.29 is 14.6 Å². The minimum atomic E-state index is -0.0454. The first-order chi connectivity index (χ1) is 13.6. The van der Waals surface area contributed by atoms with E-state index in [1.165, 1.54) is 16.9 Å². The molecule has 0 spiro atoms. The lowest BCUT2D eigenvalue weighted by Crippen LogP contribution is -2.34. The van der Waals surface area contributed by atoms with Gasteiger partial charge in [-0.1, -0.05) is 42.5 Å². The Morgan fingerprint density at radius 3 is 2.43 bits per heavy atom. The number of benzene rings is 2. The maximum absolute atomic E-state index is 13.1. The number of carbonyl (C=O) groups excluding carboxylic acids is 1. The lowest BCUT2D eigenvalue weighted by molar-refractivity contribution is 0.0729. The molecule has 146 valence electrons. The molecule has 4 nitrogen and oxygen atoms in total. The van der Waals surface area contributed by atoms with Crippen molar-refractivity contribution in [1.82, 2.24) is 4.90 Å². The van der Waals surface area contributed by atoms with Gasteiger partial charge in [-0.05, 0) is 48.2 Å². The molecule has 28 heavy (non-hydrogen) atoms. The lowest BCUT2D eigenvalue weighted by Gasteiger charge is -2.21. The molecule has 0 bridgehead atoms. The summed E-state index contributed by atoms with van der Waals surface area (Å²) in [6, 6.07) is 19.9. The van der Waals surface area contributed by atoms with Crippen molar-refractivity contribution in [3.8, 4) is 16.9 Å². The van der Waals surface area contributed by atoms with Gasteiger partial charge in [0.15, 0.2) is 0 Å². The molecule has 5 heteroatoms. The highest BCUT2D eigenvalue weighted by molar-refractivity contribution is 7.14. The smallest absolute Gasteiger partial charge is 0.264 e. The molecule has 2 aromatic carbocycles. The standard InChI is InChI=1S/C23H25NO3S/c1-17-21(19-8-10-20(27-2)11-9-19)16-22(28-17)23(26)24(14-15-25)13-12-18-6-4-3-5-7-18/h3-11,16,25H,12-15H2,1-2H3. The number of aliphatic hydroxyl groups is 1. The van der Waals surface area contributed by atoms with Crippen LogP contribution in [-0.2, 0) is 6.42 Å². The van der Waals surface area contributed by atoms with Gasteiger partial charge < -0.3 is 14.7 Å². The van der Waals surface area contributed by atoms with Gasteiger partial charge in [-0.2, -0.15) is 0 Å². The normalized spacial score (nSPS) is 10.7. The molecule has 0 fully saturated rings. The number of nitrogens with zero attached hydrogens (tertiary/aromatic N) is 1. The van der Waals surface area contributed by atoms with Gasteiger partial charge in [-0.15, -0.1) is 11.3 Å². The molecule has 3 aromatic rings. The second-order valence-electron chi connectivity index (χ2n) is 6.56. The Bertz CT molecular complexity index is 903. The summed E-state index contributed by atoms with van der Waals surface area (Å²) in [5.41, 5.74) is 3.30. The molecule has 0 radical (unpaired) electrons. The highest BCUT2D eigenvalue weighted by Crippen LogP contribution is 2.32. The average Bonchev–Trinajstić information content (AvgIpc) is 3.13. The van der Waals surface area contributed by atoms with Gasteiger partial charge in [0.25, 0.3) is 5.91 Å². The van der Waals surface area contributed by atoms with Crippen molar-refractivity contribution in [3.05, 3.63) is 76.0 Å². The molecular formula is C23H25NO3S. The molecule has 1 heterocycles. The van der Waals surface area contributed by atoms with Gasteiger partial charge in [0.2, 0.25) is 0 Å². The third-order valence-corrected chi connectivity index (χ3v) is 5.74. The van der Waals surface area contributed by atoms with Crippen molar-refractivity contribution in [2.24, 2.45) is 0 Å². The molecule has 1 N–H and O–H groups in total. The highest BCUT2D eigenvalue weighted by atomic mass is 32.1. The van der Waals surface area contributed by atoms with E-state index < -0.39 is 0 Å². The number of aryl methyl sites for hydroxylation is 1. The van der Waals surface area contributed by atoms with Gasteiger partial charge in [-0.3, -0.25) is 4.79 Å². The van der Waals surface area contributed by atoms with Crippen LogP contribution in [0.15, 0.2) is 60.7 Å². The van der Waals surface area contributed by atoms with Crippen molar-refractivity contribution in [3.63, 3.8) is 0 Å². The Morgan fingerprint density at radius 1 is 1.07 bits per heavy atom. The van der Waals surface area contributed by atoms with Crippen LogP contribution < -0.4 is 4.74 Å². The van der Waals surface area contributed by atoms with E-state index in [1.807, 2.05) is 55.5 Å². The first-order valence-corrected chi connectivity index (χ1v) is 10.1. The van der Waals surface area contributed by atoms with Crippen LogP contribution in [0, 0.1) is 6.92 Å². The van der Waals surface area contributed by atoms with E-state index in [9.17, 15) is 9.90 Å². The summed E-state index contributed by atoms with van der Waals surface area (Å²) in [5.74, 6) is 0.779. The van der Waals surface area contributed by atoms with Crippen LogP contribution in [0.1, 0.15) is 20.1 Å². The average molecular weight is 396 g/mol. The number of methoxy groups -OCH3 is 1. The summed E-state index contributed by atoms with van der Waals surface area (Å²) in [7, 11) is 1.65. The zero-order chi connectivity index (χ0) is 19.9. The molecule has 0 atom stereocenters. The predicted octanol–water partition coefficient (Wildman–Crippen LogP) is 4.41. The van der Waals surface area contributed by atoms with Crippen LogP contribution in [0.4, 0.5) is 0 Å². The van der Waals surface area contributed by atoms with Gasteiger partial charge in [0.05, 0.1) is 18.6 Å². The van der Waals surface area contributed by atoms with Gasteiger partial charge in [0, 0.05) is 18.0 Å². The maximum Gasteiger partial charge on any atom is 0.264 e. The molecule has 0 aliphatic heterocycles. The summed E-state index contributed by atoms with van der Waals surface area (Å²) < 4.78 is 5.22. The third kappa shape index (κ3) is 4.80. The second-order valence-corrected chi connectivity index (χ2v) is 7.82. The lowest BCUT2D eigenvalue weighted by atomic mass is 10.1. The van der Waals surface area contributed by atoms with E-state index in [0.717, 1.165) is 28.2 Å². The van der Waals surface area contributed by atoms with Crippen molar-refractivity contribution in [1.29, 1.82) is 0 Å². The molecule has 0 saturated carbocycles. The fourth-order valence-electron chi connectivity index (χ4n) is 3.14. The fourth-order valence-corrected chi connectivity index (χ4v) is 4.15. The number of hydrogen-bond acceptors (Lipinski definition) is 4. The number of aliphatic hydroxyl groups excluding tert-OH is 1. The number of thiophene rings is 1. The van der Waals surface area contributed by atoms with Crippen LogP contribution in [0.2, 0.25) is 0 Å². The zero-order valence-electron chi connectivity index (χ0n) is 16.2. The quantitative estimate of drug-likeness (QED) is 0.615. The van der Waals surface area contributed by atoms with Gasteiger partial charge in [-0.25, -0.2) is 0 Å². The molecule has 0 aliphatic carbocycles. The fraction of sp³-hybridized carbons (Fsp3) is 0.261. The number of amides is 1. The molecule has 0 saturated heterocycles. The zero-order valence-corrected chi connectivity index (χ0v) is 17.0. The first kappa shape index (κ1) is 20.1. The van der Waals surface area contributed by atoms with Crippen molar-refractivity contribution in [2.75, 3.05) is 26.8 Å². The van der Waals surface area contributed by atoms with E-state index in [4.69, 9.17) is 4.74 Å². The molecule has 3 rings (SSSR count). The first-order valence-electron chi connectivity index (χ1n) is 9.31. The Labute approximate surface area is 170 Å². The number of rotatable bonds is 8. The largest absolute Gasteiger partial charge is 0.497 e. The Kier molecular flexibility index (Phi) is 6.85. The van der Waals surface area contributed by atoms with Crippen LogP contribution in [0.5, 0.6) is 5.75 Å². The maximum atomic E-state index is 13.1. The number of carbonyl (C=O) groups is 1. The number of ether oxygens (including phenoxy) is 1. The third-order valence-electron chi connectivity index (χ3n) is 4.70. The summed E-state index contributed by atoms with van der Waals surface area (Å²) in [5, 5.41) is 9.41. The van der Waals surface area contributed by atoms with E-state index in [2.05, 4.69) is 12.1 Å². The minimum absolute atomic E-state index is 0.0298. The van der Waals surface area contributed by atoms with E-state index in [0.29, 0.717) is 18.0 Å². The van der Waals surface area contributed by atoms with Gasteiger partial charge in [0.1, 0.15) is 5.75 Å². The monoisotopic (exact) mass is 395 g/mol. The highest BCUT2D eigenvalue weighted by Gasteiger charge is 2.19. The molecule has 0 unspecified atom stereocenters. The molecular weight excluding hydrogens is 370 g/mol. The molecule has 1 amide bonds. The summed E-state index contributed by atoms with van der Waals surface area (Å²) >= 11 is 1.50. The summed E-state index contributed by atoms with van der Waals surface area (Å²) in [4.78, 5) is 16.6. The van der Waals surface area contributed by atoms with Crippen LogP contribution >= 0.6 is 11.3 Å². The van der Waals surface area contributed by atoms with Crippen LogP contribution in [-0.4, -0.2) is 42.7 Å². The summed E-state index contributed by atoms with van der Waals surface area (Å²) in [6.45, 7) is 2.90. The van der Waals surface area contributed by atoms with E-state index >= 15 is 0 Å². The van der Waals surface area contributed by atoms with Crippen LogP contribution in [0.25, 0.3) is 11.1 Å². The molecule has 0 aliphatic rings.